The second-order valence-corrected chi connectivity index (χ2v) is 9.12. The minimum absolute atomic E-state index is 0. The minimum atomic E-state index is 0. The molecule has 0 bridgehead atoms. The first-order valence-corrected chi connectivity index (χ1v) is 11.2. The number of hydrogen-bond donors (Lipinski definition) is 0. The van der Waals surface area contributed by atoms with Gasteiger partial charge in [0.2, 0.25) is 0 Å². The predicted molar refractivity (Wildman–Crippen MR) is 141 cm³/mol. The summed E-state index contributed by atoms with van der Waals surface area (Å²) in [5.41, 5.74) is 7.41. The summed E-state index contributed by atoms with van der Waals surface area (Å²) in [5, 5.41) is 5.30. The molecule has 1 aliphatic rings. The molecule has 0 aromatic heterocycles. The van der Waals surface area contributed by atoms with Crippen molar-refractivity contribution >= 4 is 21.5 Å². The molecule has 0 amide bonds. The first kappa shape index (κ1) is 31.0. The number of benzene rings is 4. The zero-order valence-corrected chi connectivity index (χ0v) is 24.5. The van der Waals surface area contributed by atoms with Crippen LogP contribution in [0.25, 0.3) is 32.7 Å². The molecule has 0 radical (unpaired) electrons. The van der Waals surface area contributed by atoms with Crippen molar-refractivity contribution in [2.45, 2.75) is 32.6 Å². The van der Waals surface area contributed by atoms with Crippen LogP contribution in [0.15, 0.2) is 104 Å². The van der Waals surface area contributed by atoms with E-state index in [4.69, 9.17) is 0 Å². The van der Waals surface area contributed by atoms with Gasteiger partial charge in [-0.25, -0.2) is 12.1 Å². The summed E-state index contributed by atoms with van der Waals surface area (Å²) in [6.07, 6.45) is 1.02. The molecule has 0 saturated heterocycles. The maximum atomic E-state index is 3.48. The summed E-state index contributed by atoms with van der Waals surface area (Å²) in [6, 6.07) is 35.8. The third-order valence-electron chi connectivity index (χ3n) is 6.13. The van der Waals surface area contributed by atoms with Crippen molar-refractivity contribution in [1.29, 1.82) is 0 Å². The van der Waals surface area contributed by atoms with Gasteiger partial charge < -0.3 is 24.8 Å². The van der Waals surface area contributed by atoms with Crippen LogP contribution in [-0.2, 0) is 38.0 Å². The van der Waals surface area contributed by atoms with Crippen molar-refractivity contribution in [1.82, 2.24) is 0 Å². The van der Waals surface area contributed by atoms with Crippen LogP contribution >= 0.6 is 0 Å². The molecule has 0 nitrogen and oxygen atoms in total. The number of fused-ring (bicyclic) bond motifs is 8. The van der Waals surface area contributed by atoms with E-state index in [-0.39, 0.29) is 51.0 Å². The average molecular weight is 577 g/mol. The van der Waals surface area contributed by atoms with E-state index in [1.807, 2.05) is 6.07 Å². The van der Waals surface area contributed by atoms with Crippen molar-refractivity contribution in [3.63, 3.8) is 0 Å². The molecule has 0 aliphatic heterocycles. The van der Waals surface area contributed by atoms with Crippen molar-refractivity contribution in [2.75, 3.05) is 0 Å². The quantitative estimate of drug-likeness (QED) is 0.148. The Kier molecular flexibility index (Phi) is 11.8. The van der Waals surface area contributed by atoms with E-state index < -0.39 is 0 Å². The molecule has 6 rings (SSSR count). The Morgan fingerprint density at radius 1 is 0.743 bits per heavy atom. The molecule has 0 atom stereocenters. The zero-order chi connectivity index (χ0) is 22.7. The maximum absolute atomic E-state index is 3.48. The van der Waals surface area contributed by atoms with Gasteiger partial charge in [-0.05, 0) is 28.5 Å². The average Bonchev–Trinajstić information content (AvgIpc) is 3.50. The van der Waals surface area contributed by atoms with Gasteiger partial charge in [0.05, 0.1) is 0 Å². The van der Waals surface area contributed by atoms with Gasteiger partial charge in [-0.2, -0.15) is 17.7 Å². The summed E-state index contributed by atoms with van der Waals surface area (Å²) in [7, 11) is 0. The summed E-state index contributed by atoms with van der Waals surface area (Å²) in [6.45, 7) is 12.7. The van der Waals surface area contributed by atoms with Crippen molar-refractivity contribution in [3.05, 3.63) is 127 Å². The first-order valence-electron chi connectivity index (χ1n) is 11.2. The summed E-state index contributed by atoms with van der Waals surface area (Å²) in [5.74, 6) is 0. The standard InChI is InChI=1S/C21H13.C9H13.C2H4.2ClH.Zr/c1-2-8-15-14(7-1)13-20-18-11-4-3-9-16(18)17-10-5-6-12-19(17)21(15)20;1-9(2,3)8-6-4-5-7-8;1-2;;;/h1-10,12H,13H2;4-7H,1-3H3;1-2H2;2*1H;/q2*-1;;;;+4/p-2. The first-order chi connectivity index (χ1) is 15.5. The van der Waals surface area contributed by atoms with Gasteiger partial charge in [-0.3, -0.25) is 0 Å². The van der Waals surface area contributed by atoms with Crippen LogP contribution in [0, 0.1) is 6.07 Å². The fourth-order valence-corrected chi connectivity index (χ4v) is 4.60. The molecule has 5 aromatic carbocycles. The molecule has 176 valence electrons. The van der Waals surface area contributed by atoms with Crippen molar-refractivity contribution in [2.24, 2.45) is 0 Å². The topological polar surface area (TPSA) is 0 Å². The van der Waals surface area contributed by atoms with E-state index in [2.05, 4.69) is 125 Å². The Morgan fingerprint density at radius 3 is 1.94 bits per heavy atom. The largest absolute Gasteiger partial charge is 4.00 e. The second-order valence-electron chi connectivity index (χ2n) is 9.12. The Balaban J connectivity index is 0.000000378. The minimum Gasteiger partial charge on any atom is -1.00 e. The Hall–Kier alpha value is -2.05. The SMILES string of the molecule is C=C.CC(C)(C)[c-]1cccc1.[Cl-].[Cl-].[Zr+4].[c-]1cccc2c1c1c(c3ccccc32)-c2ccccc2C1. The Morgan fingerprint density at radius 2 is 1.31 bits per heavy atom. The normalized spacial score (nSPS) is 10.7. The van der Waals surface area contributed by atoms with E-state index in [1.165, 1.54) is 49.4 Å². The van der Waals surface area contributed by atoms with Crippen LogP contribution < -0.4 is 24.8 Å². The van der Waals surface area contributed by atoms with Crippen LogP contribution in [0.2, 0.25) is 0 Å². The van der Waals surface area contributed by atoms with Gasteiger partial charge in [-0.1, -0.05) is 80.1 Å². The van der Waals surface area contributed by atoms with Gasteiger partial charge in [0.15, 0.2) is 0 Å². The van der Waals surface area contributed by atoms with Crippen LogP contribution in [0.3, 0.4) is 0 Å². The fourth-order valence-electron chi connectivity index (χ4n) is 4.60. The molecular weight excluding hydrogens is 546 g/mol. The summed E-state index contributed by atoms with van der Waals surface area (Å²) in [4.78, 5) is 0. The predicted octanol–water partition coefficient (Wildman–Crippen LogP) is 2.88. The van der Waals surface area contributed by atoms with Crippen LogP contribution in [0.4, 0.5) is 0 Å². The second kappa shape index (κ2) is 13.3. The Bertz CT molecular complexity index is 1360. The van der Waals surface area contributed by atoms with E-state index in [0.717, 1.165) is 6.42 Å². The Labute approximate surface area is 241 Å². The monoisotopic (exact) mass is 574 g/mol. The van der Waals surface area contributed by atoms with E-state index in [9.17, 15) is 0 Å². The molecule has 0 heterocycles. The molecule has 0 unspecified atom stereocenters. The molecule has 0 saturated carbocycles. The number of hydrogen-bond acceptors (Lipinski definition) is 0. The van der Waals surface area contributed by atoms with Gasteiger partial charge in [0.25, 0.3) is 0 Å². The number of rotatable bonds is 0. The zero-order valence-electron chi connectivity index (χ0n) is 20.5. The van der Waals surface area contributed by atoms with E-state index in [0.29, 0.717) is 5.41 Å². The number of halogens is 2. The third kappa shape index (κ3) is 6.21. The van der Waals surface area contributed by atoms with E-state index in [1.54, 1.807) is 0 Å². The van der Waals surface area contributed by atoms with Gasteiger partial charge in [-0.15, -0.1) is 53.8 Å². The smallest absolute Gasteiger partial charge is 1.00 e. The summed E-state index contributed by atoms with van der Waals surface area (Å²) >= 11 is 0. The van der Waals surface area contributed by atoms with Gasteiger partial charge >= 0.3 is 26.2 Å². The molecule has 0 fully saturated rings. The van der Waals surface area contributed by atoms with Crippen molar-refractivity contribution < 1.29 is 51.0 Å². The summed E-state index contributed by atoms with van der Waals surface area (Å²) < 4.78 is 0. The van der Waals surface area contributed by atoms with Crippen molar-refractivity contribution in [3.8, 4) is 11.1 Å². The van der Waals surface area contributed by atoms with Gasteiger partial charge in [0.1, 0.15) is 0 Å². The van der Waals surface area contributed by atoms with Crippen LogP contribution in [0.1, 0.15) is 37.5 Å². The van der Waals surface area contributed by atoms with E-state index >= 15 is 0 Å². The van der Waals surface area contributed by atoms with Crippen LogP contribution in [-0.4, -0.2) is 0 Å². The van der Waals surface area contributed by atoms with Gasteiger partial charge in [0, 0.05) is 0 Å². The molecular formula is C32H30Cl2Zr. The molecule has 3 heteroatoms. The third-order valence-corrected chi connectivity index (χ3v) is 6.13. The maximum Gasteiger partial charge on any atom is 4.00 e. The molecule has 5 aromatic rings. The van der Waals surface area contributed by atoms with Crippen LogP contribution in [0.5, 0.6) is 0 Å². The molecule has 0 N–H and O–H groups in total. The fraction of sp³-hybridized carbons (Fsp3) is 0.156. The molecule has 35 heavy (non-hydrogen) atoms. The molecule has 0 spiro atoms. The molecule has 1 aliphatic carbocycles.